The Balaban J connectivity index is 1.52. The highest BCUT2D eigenvalue weighted by molar-refractivity contribution is 8.00. The van der Waals surface area contributed by atoms with E-state index in [2.05, 4.69) is 15.5 Å². The van der Waals surface area contributed by atoms with Gasteiger partial charge in [0.2, 0.25) is 5.91 Å². The number of hydrogen-bond acceptors (Lipinski definition) is 7. The van der Waals surface area contributed by atoms with E-state index in [4.69, 9.17) is 13.9 Å². The van der Waals surface area contributed by atoms with Crippen molar-refractivity contribution in [1.82, 2.24) is 14.6 Å². The molecule has 0 saturated heterocycles. The third kappa shape index (κ3) is 3.61. The van der Waals surface area contributed by atoms with E-state index in [0.717, 1.165) is 28.2 Å². The van der Waals surface area contributed by atoms with E-state index >= 15 is 0 Å². The number of fused-ring (bicyclic) bond motifs is 3. The van der Waals surface area contributed by atoms with Crippen molar-refractivity contribution in [3.8, 4) is 11.5 Å². The van der Waals surface area contributed by atoms with Crippen LogP contribution in [0.4, 0.5) is 5.69 Å². The predicted octanol–water partition coefficient (Wildman–Crippen LogP) is 3.84. The zero-order chi connectivity index (χ0) is 20.5. The van der Waals surface area contributed by atoms with Crippen LogP contribution < -0.4 is 14.8 Å². The molecule has 8 nitrogen and oxygen atoms in total. The first-order valence-corrected chi connectivity index (χ1v) is 9.88. The summed E-state index contributed by atoms with van der Waals surface area (Å²) in [7, 11) is 3.12. The van der Waals surface area contributed by atoms with E-state index in [9.17, 15) is 4.79 Å². The van der Waals surface area contributed by atoms with E-state index in [0.29, 0.717) is 22.2 Å². The molecule has 0 atom stereocenters. The Kier molecular flexibility index (Phi) is 5.06. The Hall–Kier alpha value is -3.20. The SMILES string of the molecule is COc1ccc(NC(=O)CSc2nnc(C)n3c2cc2oc(C)cc23)cc1OC. The van der Waals surface area contributed by atoms with Crippen molar-refractivity contribution in [1.29, 1.82) is 0 Å². The number of aryl methyl sites for hydroxylation is 2. The van der Waals surface area contributed by atoms with E-state index in [1.807, 2.05) is 30.4 Å². The molecule has 150 valence electrons. The third-order valence-corrected chi connectivity index (χ3v) is 5.42. The van der Waals surface area contributed by atoms with Crippen LogP contribution in [0.25, 0.3) is 16.6 Å². The lowest BCUT2D eigenvalue weighted by molar-refractivity contribution is -0.113. The van der Waals surface area contributed by atoms with Gasteiger partial charge in [-0.1, -0.05) is 11.8 Å². The quantitative estimate of drug-likeness (QED) is 0.481. The van der Waals surface area contributed by atoms with Crippen LogP contribution in [0.5, 0.6) is 11.5 Å². The number of anilines is 1. The van der Waals surface area contributed by atoms with Crippen LogP contribution in [0.3, 0.4) is 0 Å². The van der Waals surface area contributed by atoms with Gasteiger partial charge in [-0.3, -0.25) is 9.20 Å². The summed E-state index contributed by atoms with van der Waals surface area (Å²) in [5.41, 5.74) is 3.22. The fraction of sp³-hybridized carbons (Fsp3) is 0.250. The molecular formula is C20H20N4O4S. The fourth-order valence-corrected chi connectivity index (χ4v) is 3.92. The number of rotatable bonds is 6. The molecule has 3 aromatic heterocycles. The predicted molar refractivity (Wildman–Crippen MR) is 111 cm³/mol. The Labute approximate surface area is 171 Å². The van der Waals surface area contributed by atoms with E-state index in [1.165, 1.54) is 11.8 Å². The van der Waals surface area contributed by atoms with Crippen molar-refractivity contribution in [3.63, 3.8) is 0 Å². The van der Waals surface area contributed by atoms with Crippen LogP contribution in [0.2, 0.25) is 0 Å². The zero-order valence-corrected chi connectivity index (χ0v) is 17.3. The second-order valence-electron chi connectivity index (χ2n) is 6.43. The highest BCUT2D eigenvalue weighted by Crippen LogP contribution is 2.31. The van der Waals surface area contributed by atoms with Crippen LogP contribution in [0, 0.1) is 13.8 Å². The number of carbonyl (C=O) groups is 1. The normalized spacial score (nSPS) is 11.2. The van der Waals surface area contributed by atoms with Gasteiger partial charge in [-0.15, -0.1) is 10.2 Å². The van der Waals surface area contributed by atoms with E-state index < -0.39 is 0 Å². The Morgan fingerprint density at radius 1 is 1.10 bits per heavy atom. The molecule has 4 rings (SSSR count). The summed E-state index contributed by atoms with van der Waals surface area (Å²) < 4.78 is 18.2. The molecule has 3 heterocycles. The molecule has 0 spiro atoms. The number of benzene rings is 1. The van der Waals surface area contributed by atoms with Crippen LogP contribution >= 0.6 is 11.8 Å². The van der Waals surface area contributed by atoms with Gasteiger partial charge in [0.25, 0.3) is 0 Å². The smallest absolute Gasteiger partial charge is 0.234 e. The summed E-state index contributed by atoms with van der Waals surface area (Å²) in [5.74, 6) is 2.78. The molecule has 0 fully saturated rings. The second kappa shape index (κ2) is 7.67. The van der Waals surface area contributed by atoms with Gasteiger partial charge in [0, 0.05) is 23.9 Å². The topological polar surface area (TPSA) is 90.9 Å². The number of thioether (sulfide) groups is 1. The molecule has 1 aromatic carbocycles. The number of furan rings is 1. The molecule has 9 heteroatoms. The van der Waals surface area contributed by atoms with Crippen LogP contribution in [-0.2, 0) is 4.79 Å². The maximum atomic E-state index is 12.4. The molecule has 0 unspecified atom stereocenters. The average molecular weight is 412 g/mol. The number of hydrogen-bond donors (Lipinski definition) is 1. The number of amides is 1. The molecule has 0 bridgehead atoms. The first kappa shape index (κ1) is 19.1. The highest BCUT2D eigenvalue weighted by atomic mass is 32.2. The number of aromatic nitrogens is 3. The van der Waals surface area contributed by atoms with Crippen LogP contribution in [-0.4, -0.2) is 40.5 Å². The van der Waals surface area contributed by atoms with Gasteiger partial charge in [-0.2, -0.15) is 0 Å². The van der Waals surface area contributed by atoms with Gasteiger partial charge in [-0.05, 0) is 26.0 Å². The molecule has 4 aromatic rings. The van der Waals surface area contributed by atoms with Gasteiger partial charge < -0.3 is 19.2 Å². The lowest BCUT2D eigenvalue weighted by Gasteiger charge is -2.10. The average Bonchev–Trinajstić information content (AvgIpc) is 3.23. The van der Waals surface area contributed by atoms with Crippen LogP contribution in [0.15, 0.2) is 39.8 Å². The summed E-state index contributed by atoms with van der Waals surface area (Å²) in [6, 6.07) is 9.12. The minimum absolute atomic E-state index is 0.158. The molecular weight excluding hydrogens is 392 g/mol. The largest absolute Gasteiger partial charge is 0.493 e. The van der Waals surface area contributed by atoms with Gasteiger partial charge in [-0.25, -0.2) is 0 Å². The van der Waals surface area contributed by atoms with Crippen molar-refractivity contribution >= 4 is 40.0 Å². The molecule has 0 aliphatic rings. The third-order valence-electron chi connectivity index (χ3n) is 4.45. The van der Waals surface area contributed by atoms with Crippen molar-refractivity contribution in [2.75, 3.05) is 25.3 Å². The molecule has 1 amide bonds. The maximum Gasteiger partial charge on any atom is 0.234 e. The summed E-state index contributed by atoms with van der Waals surface area (Å²) in [6.45, 7) is 3.80. The summed E-state index contributed by atoms with van der Waals surface area (Å²) in [5, 5.41) is 12.0. The number of ether oxygens (including phenoxy) is 2. The standard InChI is InChI=1S/C20H20N4O4S/c1-11-7-14-17(28-11)9-15-20(23-22-12(2)24(14)15)29-10-19(25)21-13-5-6-16(26-3)18(8-13)27-4/h5-9H,10H2,1-4H3,(H,21,25). The molecule has 29 heavy (non-hydrogen) atoms. The van der Waals surface area contributed by atoms with Gasteiger partial charge in [0.05, 0.1) is 31.0 Å². The fourth-order valence-electron chi connectivity index (χ4n) is 3.18. The van der Waals surface area contributed by atoms with Crippen molar-refractivity contribution in [2.24, 2.45) is 0 Å². The summed E-state index contributed by atoms with van der Waals surface area (Å²) in [6.07, 6.45) is 0. The van der Waals surface area contributed by atoms with Crippen LogP contribution in [0.1, 0.15) is 11.6 Å². The van der Waals surface area contributed by atoms with Crippen molar-refractivity contribution in [3.05, 3.63) is 41.9 Å². The molecule has 0 saturated carbocycles. The molecule has 0 radical (unpaired) electrons. The zero-order valence-electron chi connectivity index (χ0n) is 16.5. The Morgan fingerprint density at radius 2 is 1.90 bits per heavy atom. The number of methoxy groups -OCH3 is 2. The molecule has 0 aliphatic heterocycles. The number of nitrogens with one attached hydrogen (secondary N) is 1. The first-order valence-electron chi connectivity index (χ1n) is 8.89. The Bertz CT molecular complexity index is 1210. The maximum absolute atomic E-state index is 12.4. The van der Waals surface area contributed by atoms with Gasteiger partial charge in [0.1, 0.15) is 16.6 Å². The second-order valence-corrected chi connectivity index (χ2v) is 7.39. The lowest BCUT2D eigenvalue weighted by Crippen LogP contribution is -2.14. The highest BCUT2D eigenvalue weighted by Gasteiger charge is 2.16. The molecule has 0 aliphatic carbocycles. The van der Waals surface area contributed by atoms with Gasteiger partial charge >= 0.3 is 0 Å². The van der Waals surface area contributed by atoms with Crippen molar-refractivity contribution in [2.45, 2.75) is 18.9 Å². The van der Waals surface area contributed by atoms with E-state index in [-0.39, 0.29) is 11.7 Å². The number of carbonyl (C=O) groups excluding carboxylic acids is 1. The summed E-state index contributed by atoms with van der Waals surface area (Å²) in [4.78, 5) is 12.4. The van der Waals surface area contributed by atoms with E-state index in [1.54, 1.807) is 32.4 Å². The Morgan fingerprint density at radius 3 is 2.66 bits per heavy atom. The van der Waals surface area contributed by atoms with Gasteiger partial charge in [0.15, 0.2) is 17.1 Å². The monoisotopic (exact) mass is 412 g/mol. The number of nitrogens with zero attached hydrogens (tertiary/aromatic N) is 3. The molecule has 1 N–H and O–H groups in total. The summed E-state index contributed by atoms with van der Waals surface area (Å²) >= 11 is 1.32. The first-order chi connectivity index (χ1) is 14.0. The lowest BCUT2D eigenvalue weighted by atomic mass is 10.2. The van der Waals surface area contributed by atoms with Crippen molar-refractivity contribution < 1.29 is 18.7 Å². The minimum atomic E-state index is -0.158. The minimum Gasteiger partial charge on any atom is -0.493 e.